The average Bonchev–Trinajstić information content (AvgIpc) is 2.91. The van der Waals surface area contributed by atoms with Gasteiger partial charge in [-0.25, -0.2) is 4.39 Å². The monoisotopic (exact) mass is 386 g/mol. The molecule has 0 saturated heterocycles. The fourth-order valence-corrected chi connectivity index (χ4v) is 3.66. The Labute approximate surface area is 160 Å². The molecule has 27 heavy (non-hydrogen) atoms. The minimum Gasteiger partial charge on any atom is -0.323 e. The van der Waals surface area contributed by atoms with Crippen molar-refractivity contribution in [2.75, 3.05) is 17.6 Å². The van der Waals surface area contributed by atoms with E-state index < -0.39 is 5.82 Å². The Morgan fingerprint density at radius 3 is 2.30 bits per heavy atom. The third kappa shape index (κ3) is 4.19. The number of nitrogens with one attached hydrogen (secondary N) is 1. The van der Waals surface area contributed by atoms with Crippen LogP contribution in [0.2, 0.25) is 0 Å². The lowest BCUT2D eigenvalue weighted by atomic mass is 10.1. The number of para-hydroxylation sites is 1. The first-order valence-electron chi connectivity index (χ1n) is 8.61. The van der Waals surface area contributed by atoms with E-state index in [0.717, 1.165) is 0 Å². The van der Waals surface area contributed by atoms with Gasteiger partial charge in [0.05, 0.1) is 22.1 Å². The number of thioether (sulfide) groups is 1. The summed E-state index contributed by atoms with van der Waals surface area (Å²) in [6, 6.07) is 12.8. The van der Waals surface area contributed by atoms with Gasteiger partial charge in [0.2, 0.25) is 5.91 Å². The van der Waals surface area contributed by atoms with Crippen LogP contribution in [0.3, 0.4) is 0 Å². The maximum Gasteiger partial charge on any atom is 0.261 e. The number of hydrogen-bond donors (Lipinski definition) is 1. The van der Waals surface area contributed by atoms with Gasteiger partial charge in [-0.05, 0) is 43.4 Å². The Morgan fingerprint density at radius 2 is 1.67 bits per heavy atom. The molecule has 1 N–H and O–H groups in total. The van der Waals surface area contributed by atoms with Crippen molar-refractivity contribution in [3.05, 3.63) is 65.5 Å². The molecule has 0 bridgehead atoms. The van der Waals surface area contributed by atoms with Crippen LogP contribution < -0.4 is 5.32 Å². The lowest BCUT2D eigenvalue weighted by Crippen LogP contribution is -2.31. The van der Waals surface area contributed by atoms with Crippen molar-refractivity contribution < 1.29 is 18.8 Å². The van der Waals surface area contributed by atoms with Crippen LogP contribution in [0.15, 0.2) is 48.5 Å². The highest BCUT2D eigenvalue weighted by Gasteiger charge is 2.34. The van der Waals surface area contributed by atoms with Crippen LogP contribution in [0.4, 0.5) is 10.1 Å². The van der Waals surface area contributed by atoms with Gasteiger partial charge >= 0.3 is 0 Å². The molecule has 1 aliphatic rings. The highest BCUT2D eigenvalue weighted by molar-refractivity contribution is 8.00. The van der Waals surface area contributed by atoms with Gasteiger partial charge in [0.25, 0.3) is 11.8 Å². The molecular weight excluding hydrogens is 367 g/mol. The van der Waals surface area contributed by atoms with Crippen molar-refractivity contribution in [1.29, 1.82) is 0 Å². The van der Waals surface area contributed by atoms with Gasteiger partial charge in [-0.15, -0.1) is 11.8 Å². The number of anilines is 1. The van der Waals surface area contributed by atoms with E-state index >= 15 is 0 Å². The van der Waals surface area contributed by atoms with Crippen molar-refractivity contribution in [3.63, 3.8) is 0 Å². The average molecular weight is 386 g/mol. The Morgan fingerprint density at radius 1 is 1.07 bits per heavy atom. The number of fused-ring (bicyclic) bond motifs is 1. The van der Waals surface area contributed by atoms with Gasteiger partial charge in [0, 0.05) is 6.54 Å². The van der Waals surface area contributed by atoms with Crippen LogP contribution >= 0.6 is 11.8 Å². The molecule has 0 aliphatic carbocycles. The number of hydrogen-bond acceptors (Lipinski definition) is 4. The van der Waals surface area contributed by atoms with Gasteiger partial charge in [0.1, 0.15) is 5.82 Å². The summed E-state index contributed by atoms with van der Waals surface area (Å²) in [6.07, 6.45) is 0.577. The van der Waals surface area contributed by atoms with Crippen molar-refractivity contribution in [3.8, 4) is 0 Å². The maximum atomic E-state index is 13.6. The van der Waals surface area contributed by atoms with E-state index in [1.165, 1.54) is 28.8 Å². The fourth-order valence-electron chi connectivity index (χ4n) is 2.80. The fraction of sp³-hybridized carbons (Fsp3) is 0.250. The van der Waals surface area contributed by atoms with Crippen molar-refractivity contribution in [2.45, 2.75) is 18.6 Å². The maximum absolute atomic E-state index is 13.6. The van der Waals surface area contributed by atoms with E-state index in [9.17, 15) is 18.8 Å². The molecule has 7 heteroatoms. The summed E-state index contributed by atoms with van der Waals surface area (Å²) >= 11 is 1.40. The van der Waals surface area contributed by atoms with E-state index in [2.05, 4.69) is 5.32 Å². The number of rotatable bonds is 7. The molecule has 3 amide bonds. The predicted octanol–water partition coefficient (Wildman–Crippen LogP) is 3.57. The summed E-state index contributed by atoms with van der Waals surface area (Å²) in [5, 5.41) is 2.18. The van der Waals surface area contributed by atoms with Crippen LogP contribution in [-0.2, 0) is 4.79 Å². The highest BCUT2D eigenvalue weighted by atomic mass is 32.2. The number of amides is 3. The Kier molecular flexibility index (Phi) is 5.91. The van der Waals surface area contributed by atoms with Crippen molar-refractivity contribution in [1.82, 2.24) is 4.90 Å². The molecule has 3 rings (SSSR count). The van der Waals surface area contributed by atoms with E-state index in [4.69, 9.17) is 0 Å². The van der Waals surface area contributed by atoms with Gasteiger partial charge < -0.3 is 5.32 Å². The van der Waals surface area contributed by atoms with E-state index in [-0.39, 0.29) is 28.7 Å². The largest absolute Gasteiger partial charge is 0.323 e. The number of benzene rings is 2. The van der Waals surface area contributed by atoms with Crippen LogP contribution in [-0.4, -0.2) is 40.2 Å². The normalized spacial score (nSPS) is 14.2. The molecule has 0 aromatic heterocycles. The molecule has 2 aromatic rings. The molecule has 1 atom stereocenters. The van der Waals surface area contributed by atoms with Crippen LogP contribution in [0.1, 0.15) is 34.1 Å². The van der Waals surface area contributed by atoms with Crippen LogP contribution in [0.25, 0.3) is 0 Å². The lowest BCUT2D eigenvalue weighted by molar-refractivity contribution is -0.115. The van der Waals surface area contributed by atoms with Gasteiger partial charge in [-0.1, -0.05) is 24.3 Å². The summed E-state index contributed by atoms with van der Waals surface area (Å²) in [7, 11) is 0. The van der Waals surface area contributed by atoms with Crippen LogP contribution in [0, 0.1) is 5.82 Å². The number of carbonyl (C=O) groups excluding carboxylic acids is 3. The number of nitrogens with zero attached hydrogens (tertiary/aromatic N) is 1. The Hall–Kier alpha value is -2.67. The summed E-state index contributed by atoms with van der Waals surface area (Å²) < 4.78 is 13.6. The molecule has 1 unspecified atom stereocenters. The zero-order valence-corrected chi connectivity index (χ0v) is 15.6. The number of halogens is 1. The molecule has 5 nitrogen and oxygen atoms in total. The zero-order chi connectivity index (χ0) is 19.4. The molecular formula is C20H19FN2O3S. The first-order valence-corrected chi connectivity index (χ1v) is 9.66. The summed E-state index contributed by atoms with van der Waals surface area (Å²) in [6.45, 7) is 2.05. The predicted molar refractivity (Wildman–Crippen MR) is 103 cm³/mol. The van der Waals surface area contributed by atoms with Crippen molar-refractivity contribution >= 4 is 35.2 Å². The molecule has 0 spiro atoms. The first-order chi connectivity index (χ1) is 13.0. The van der Waals surface area contributed by atoms with Crippen LogP contribution in [0.5, 0.6) is 0 Å². The third-order valence-corrected chi connectivity index (χ3v) is 5.51. The number of carbonyl (C=O) groups is 3. The van der Waals surface area contributed by atoms with Gasteiger partial charge in [-0.3, -0.25) is 19.3 Å². The van der Waals surface area contributed by atoms with E-state index in [1.54, 1.807) is 43.3 Å². The quantitative estimate of drug-likeness (QED) is 0.584. The third-order valence-electron chi connectivity index (χ3n) is 4.27. The van der Waals surface area contributed by atoms with Gasteiger partial charge in [0.15, 0.2) is 0 Å². The molecule has 0 fully saturated rings. The number of imide groups is 1. The Bertz CT molecular complexity index is 852. The van der Waals surface area contributed by atoms with Gasteiger partial charge in [-0.2, -0.15) is 0 Å². The molecule has 140 valence electrons. The smallest absolute Gasteiger partial charge is 0.261 e. The zero-order valence-electron chi connectivity index (χ0n) is 14.8. The molecule has 1 aliphatic heterocycles. The second-order valence-corrected chi connectivity index (χ2v) is 7.59. The standard InChI is InChI=1S/C20H19FN2O3S/c1-13(18(24)22-17-10-5-4-9-16(17)21)27-12-6-11-23-19(25)14-7-2-3-8-15(14)20(23)26/h2-5,7-10,13H,6,11-12H2,1H3,(H,22,24). The second kappa shape index (κ2) is 8.35. The lowest BCUT2D eigenvalue weighted by Gasteiger charge is -2.15. The summed E-state index contributed by atoms with van der Waals surface area (Å²) in [4.78, 5) is 38.0. The summed E-state index contributed by atoms with van der Waals surface area (Å²) in [5.74, 6) is -0.712. The van der Waals surface area contributed by atoms with E-state index in [1.807, 2.05) is 0 Å². The molecule has 0 saturated carbocycles. The Balaban J connectivity index is 1.45. The topological polar surface area (TPSA) is 66.5 Å². The molecule has 1 heterocycles. The minimum atomic E-state index is -0.478. The second-order valence-electron chi connectivity index (χ2n) is 6.14. The first kappa shape index (κ1) is 19.1. The van der Waals surface area contributed by atoms with E-state index in [0.29, 0.717) is 29.8 Å². The molecule has 0 radical (unpaired) electrons. The minimum absolute atomic E-state index is 0.154. The SMILES string of the molecule is CC(SCCCN1C(=O)c2ccccc2C1=O)C(=O)Nc1ccccc1F. The highest BCUT2D eigenvalue weighted by Crippen LogP contribution is 2.23. The summed E-state index contributed by atoms with van der Waals surface area (Å²) in [5.41, 5.74) is 1.03. The molecule has 2 aromatic carbocycles. The van der Waals surface area contributed by atoms with Crippen molar-refractivity contribution in [2.24, 2.45) is 0 Å².